The Morgan fingerprint density at radius 2 is 1.13 bits per heavy atom. The number of hydrogen-bond donors (Lipinski definition) is 7. The molecule has 304 valence electrons. The van der Waals surface area contributed by atoms with E-state index < -0.39 is 92.7 Å². The van der Waals surface area contributed by atoms with Crippen LogP contribution in [0.3, 0.4) is 0 Å². The number of rotatable bonds is 27. The average molecular weight is 751 g/mol. The second-order valence-corrected chi connectivity index (χ2v) is 13.8. The zero-order valence-corrected chi connectivity index (χ0v) is 31.0. The number of hydrogen-bond acceptors (Lipinski definition) is 15. The Hall–Kier alpha value is -1.76. The number of carbonyl (C=O) groups excluding carboxylic acids is 2. The van der Waals surface area contributed by atoms with Gasteiger partial charge in [0.2, 0.25) is 0 Å². The minimum absolute atomic E-state index is 0.155. The molecule has 0 aliphatic carbocycles. The molecule has 11 unspecified atom stereocenters. The molecule has 0 saturated carbocycles. The molecule has 52 heavy (non-hydrogen) atoms. The summed E-state index contributed by atoms with van der Waals surface area (Å²) in [6.45, 7) is 2.14. The topological polar surface area (TPSA) is 231 Å². The molecule has 2 aliphatic heterocycles. The van der Waals surface area contributed by atoms with Gasteiger partial charge in [0.25, 0.3) is 0 Å². The smallest absolute Gasteiger partial charge is 0.306 e. The molecule has 0 spiro atoms. The van der Waals surface area contributed by atoms with E-state index in [9.17, 15) is 45.3 Å². The summed E-state index contributed by atoms with van der Waals surface area (Å²) >= 11 is 0. The molecule has 2 fully saturated rings. The van der Waals surface area contributed by atoms with Gasteiger partial charge in [-0.05, 0) is 38.5 Å². The summed E-state index contributed by atoms with van der Waals surface area (Å²) in [7, 11) is 0. The summed E-state index contributed by atoms with van der Waals surface area (Å²) in [5.74, 6) is -0.997. The highest BCUT2D eigenvalue weighted by Crippen LogP contribution is 2.26. The summed E-state index contributed by atoms with van der Waals surface area (Å²) in [5.41, 5.74) is 0. The molecule has 0 aromatic heterocycles. The molecule has 15 heteroatoms. The first-order valence-electron chi connectivity index (χ1n) is 19.3. The van der Waals surface area contributed by atoms with Gasteiger partial charge in [-0.15, -0.1) is 0 Å². The number of aliphatic hydroxyl groups is 7. The monoisotopic (exact) mass is 750 g/mol. The molecule has 0 aromatic carbocycles. The van der Waals surface area contributed by atoms with Crippen LogP contribution in [0.5, 0.6) is 0 Å². The van der Waals surface area contributed by atoms with Gasteiger partial charge in [0.1, 0.15) is 55.4 Å². The van der Waals surface area contributed by atoms with Crippen molar-refractivity contribution in [3.8, 4) is 0 Å². The number of aliphatic hydroxyl groups excluding tert-OH is 7. The molecule has 2 heterocycles. The van der Waals surface area contributed by atoms with E-state index in [0.717, 1.165) is 38.5 Å². The molecule has 2 rings (SSSR count). The van der Waals surface area contributed by atoms with Crippen molar-refractivity contribution in [2.45, 2.75) is 184 Å². The van der Waals surface area contributed by atoms with Gasteiger partial charge in [0, 0.05) is 12.8 Å². The molecule has 0 amide bonds. The predicted molar refractivity (Wildman–Crippen MR) is 188 cm³/mol. The fraction of sp³-hybridized carbons (Fsp3) is 0.892. The van der Waals surface area contributed by atoms with Gasteiger partial charge in [0.15, 0.2) is 18.7 Å². The molecule has 7 N–H and O–H groups in total. The third-order valence-corrected chi connectivity index (χ3v) is 9.21. The number of allylic oxidation sites excluding steroid dienone is 2. The first kappa shape index (κ1) is 46.4. The van der Waals surface area contributed by atoms with Gasteiger partial charge in [-0.2, -0.15) is 0 Å². The normalized spacial score (nSPS) is 30.0. The Morgan fingerprint density at radius 3 is 1.73 bits per heavy atom. The quantitative estimate of drug-likeness (QED) is 0.0361. The maximum atomic E-state index is 12.7. The Kier molecular flexibility index (Phi) is 24.0. The van der Waals surface area contributed by atoms with E-state index >= 15 is 0 Å². The standard InChI is InChI=1S/C37H66O15/c1-3-5-6-7-8-9-10-11-12-13-14-15-16-17-18-20-29(40)50-25(22-47-28(39)19-4-2)23-48-36-35(46)33(44)31(42)27(52-36)24-49-37-34(45)32(43)30(41)26(21-38)51-37/h11-12,25-27,30-38,41-46H,3-10,13-24H2,1-2H3/b12-11-. The third kappa shape index (κ3) is 17.1. The summed E-state index contributed by atoms with van der Waals surface area (Å²) in [6, 6.07) is 0. The molecular formula is C37H66O15. The van der Waals surface area contributed by atoms with Crippen molar-refractivity contribution < 1.29 is 73.8 Å². The van der Waals surface area contributed by atoms with Crippen molar-refractivity contribution >= 4 is 11.9 Å². The lowest BCUT2D eigenvalue weighted by atomic mass is 9.98. The average Bonchev–Trinajstić information content (AvgIpc) is 3.13. The zero-order chi connectivity index (χ0) is 38.3. The van der Waals surface area contributed by atoms with Gasteiger partial charge in [-0.3, -0.25) is 9.59 Å². The predicted octanol–water partition coefficient (Wildman–Crippen LogP) is 1.92. The molecule has 0 radical (unpaired) electrons. The lowest BCUT2D eigenvalue weighted by Crippen LogP contribution is -2.61. The first-order valence-corrected chi connectivity index (χ1v) is 19.3. The van der Waals surface area contributed by atoms with Gasteiger partial charge in [-0.1, -0.05) is 77.4 Å². The number of esters is 2. The van der Waals surface area contributed by atoms with Crippen LogP contribution in [0.25, 0.3) is 0 Å². The molecule has 11 atom stereocenters. The van der Waals surface area contributed by atoms with E-state index in [1.165, 1.54) is 38.5 Å². The Morgan fingerprint density at radius 1 is 0.596 bits per heavy atom. The van der Waals surface area contributed by atoms with Crippen LogP contribution in [0.2, 0.25) is 0 Å². The summed E-state index contributed by atoms with van der Waals surface area (Å²) in [6.07, 6.45) is 3.21. The highest BCUT2D eigenvalue weighted by molar-refractivity contribution is 5.70. The van der Waals surface area contributed by atoms with E-state index in [1.807, 2.05) is 6.92 Å². The van der Waals surface area contributed by atoms with E-state index in [-0.39, 0.29) is 26.1 Å². The summed E-state index contributed by atoms with van der Waals surface area (Å²) < 4.78 is 32.8. The summed E-state index contributed by atoms with van der Waals surface area (Å²) in [4.78, 5) is 24.7. The second-order valence-electron chi connectivity index (χ2n) is 13.8. The summed E-state index contributed by atoms with van der Waals surface area (Å²) in [5, 5.41) is 71.1. The van der Waals surface area contributed by atoms with Crippen molar-refractivity contribution in [2.24, 2.45) is 0 Å². The minimum Gasteiger partial charge on any atom is -0.462 e. The number of unbranched alkanes of at least 4 members (excludes halogenated alkanes) is 11. The van der Waals surface area contributed by atoms with E-state index in [1.54, 1.807) is 0 Å². The van der Waals surface area contributed by atoms with Crippen LogP contribution in [-0.4, -0.2) is 142 Å². The lowest BCUT2D eigenvalue weighted by molar-refractivity contribution is -0.332. The maximum Gasteiger partial charge on any atom is 0.306 e. The van der Waals surface area contributed by atoms with Crippen LogP contribution in [-0.2, 0) is 38.0 Å². The van der Waals surface area contributed by atoms with Crippen LogP contribution in [0.4, 0.5) is 0 Å². The molecule has 2 aliphatic rings. The van der Waals surface area contributed by atoms with E-state index in [4.69, 9.17) is 28.4 Å². The molecule has 15 nitrogen and oxygen atoms in total. The molecule has 2 saturated heterocycles. The van der Waals surface area contributed by atoms with Crippen molar-refractivity contribution in [3.05, 3.63) is 12.2 Å². The first-order chi connectivity index (χ1) is 25.0. The Bertz CT molecular complexity index is 981. The van der Waals surface area contributed by atoms with Crippen molar-refractivity contribution in [1.29, 1.82) is 0 Å². The van der Waals surface area contributed by atoms with Crippen LogP contribution in [0.15, 0.2) is 12.2 Å². The largest absolute Gasteiger partial charge is 0.462 e. The molecular weight excluding hydrogens is 684 g/mol. The van der Waals surface area contributed by atoms with Crippen LogP contribution in [0.1, 0.15) is 117 Å². The van der Waals surface area contributed by atoms with Crippen molar-refractivity contribution in [2.75, 3.05) is 26.4 Å². The highest BCUT2D eigenvalue weighted by Gasteiger charge is 2.47. The third-order valence-electron chi connectivity index (χ3n) is 9.21. The number of carbonyl (C=O) groups is 2. The van der Waals surface area contributed by atoms with Gasteiger partial charge < -0.3 is 64.2 Å². The Labute approximate surface area is 308 Å². The SMILES string of the molecule is CCCCCCCC/C=C\CCCCCCCC(=O)OC(COC(=O)CCC)COC1OC(COC2OC(CO)C(O)C(O)C2O)C(O)C(O)C1O. The molecule has 0 bridgehead atoms. The second kappa shape index (κ2) is 26.9. The van der Waals surface area contributed by atoms with E-state index in [2.05, 4.69) is 19.1 Å². The van der Waals surface area contributed by atoms with Crippen molar-refractivity contribution in [3.63, 3.8) is 0 Å². The maximum absolute atomic E-state index is 12.7. The van der Waals surface area contributed by atoms with Crippen LogP contribution < -0.4 is 0 Å². The van der Waals surface area contributed by atoms with Gasteiger partial charge in [-0.25, -0.2) is 0 Å². The number of ether oxygens (including phenoxy) is 6. The minimum atomic E-state index is -1.76. The fourth-order valence-corrected chi connectivity index (χ4v) is 5.95. The van der Waals surface area contributed by atoms with E-state index in [0.29, 0.717) is 12.8 Å². The van der Waals surface area contributed by atoms with Crippen LogP contribution in [0, 0.1) is 0 Å². The highest BCUT2D eigenvalue weighted by atomic mass is 16.7. The lowest BCUT2D eigenvalue weighted by Gasteiger charge is -2.42. The Balaban J connectivity index is 1.79. The van der Waals surface area contributed by atoms with Gasteiger partial charge >= 0.3 is 11.9 Å². The van der Waals surface area contributed by atoms with Crippen molar-refractivity contribution in [1.82, 2.24) is 0 Å². The molecule has 0 aromatic rings. The fourth-order valence-electron chi connectivity index (χ4n) is 5.95. The van der Waals surface area contributed by atoms with Gasteiger partial charge in [0.05, 0.1) is 19.8 Å². The van der Waals surface area contributed by atoms with Crippen LogP contribution >= 0.6 is 0 Å². The zero-order valence-electron chi connectivity index (χ0n) is 31.0.